The molecule has 8 heteroatoms. The summed E-state index contributed by atoms with van der Waals surface area (Å²) in [6.45, 7) is 0.290. The van der Waals surface area contributed by atoms with Gasteiger partial charge in [-0.1, -0.05) is 59.6 Å². The van der Waals surface area contributed by atoms with E-state index in [9.17, 15) is 4.79 Å². The molecule has 0 aromatic heterocycles. The molecule has 0 atom stereocenters. The van der Waals surface area contributed by atoms with Crippen LogP contribution in [0.5, 0.6) is 5.75 Å². The third-order valence-corrected chi connectivity index (χ3v) is 6.06. The number of halogens is 4. The average molecular weight is 585 g/mol. The smallest absolute Gasteiger partial charge is 0.240 e. The topological polar surface area (TPSA) is 50.7 Å². The van der Waals surface area contributed by atoms with Gasteiger partial charge in [-0.15, -0.1) is 0 Å². The first-order chi connectivity index (χ1) is 14.9. The van der Waals surface area contributed by atoms with Crippen LogP contribution in [0.25, 0.3) is 0 Å². The fourth-order valence-electron chi connectivity index (χ4n) is 2.72. The lowest BCUT2D eigenvalue weighted by atomic mass is 10.1. The zero-order valence-corrected chi connectivity index (χ0v) is 20.9. The van der Waals surface area contributed by atoms with Gasteiger partial charge in [0, 0.05) is 22.0 Å². The molecule has 0 fully saturated rings. The van der Waals surface area contributed by atoms with E-state index in [0.29, 0.717) is 28.6 Å². The molecule has 1 N–H and O–H groups in total. The zero-order valence-electron chi connectivity index (χ0n) is 16.2. The van der Waals surface area contributed by atoms with Gasteiger partial charge in [0.15, 0.2) is 0 Å². The van der Waals surface area contributed by atoms with Gasteiger partial charge in [-0.3, -0.25) is 4.79 Å². The largest absolute Gasteiger partial charge is 0.486 e. The van der Waals surface area contributed by atoms with Crippen LogP contribution in [0.1, 0.15) is 23.1 Å². The van der Waals surface area contributed by atoms with Crippen LogP contribution >= 0.6 is 55.1 Å². The summed E-state index contributed by atoms with van der Waals surface area (Å²) in [5, 5.41) is 5.17. The molecule has 0 saturated carbocycles. The van der Waals surface area contributed by atoms with Crippen LogP contribution in [-0.2, 0) is 17.8 Å². The van der Waals surface area contributed by atoms with Gasteiger partial charge in [0.1, 0.15) is 12.4 Å². The van der Waals surface area contributed by atoms with E-state index in [1.165, 1.54) is 0 Å². The summed E-state index contributed by atoms with van der Waals surface area (Å²) in [5.41, 5.74) is 5.29. The van der Waals surface area contributed by atoms with Crippen LogP contribution in [0.4, 0.5) is 0 Å². The highest BCUT2D eigenvalue weighted by atomic mass is 79.9. The number of ether oxygens (including phenoxy) is 1. The minimum absolute atomic E-state index is 0.141. The van der Waals surface area contributed by atoms with Crippen molar-refractivity contribution < 1.29 is 9.53 Å². The lowest BCUT2D eigenvalue weighted by Crippen LogP contribution is -2.17. The number of hydrazone groups is 1. The number of nitrogens with zero attached hydrogens (tertiary/aromatic N) is 1. The molecule has 160 valence electrons. The van der Waals surface area contributed by atoms with Gasteiger partial charge in [0.25, 0.3) is 0 Å². The Labute approximate surface area is 207 Å². The Bertz CT molecular complexity index is 1070. The van der Waals surface area contributed by atoms with Crippen LogP contribution in [0.15, 0.2) is 74.7 Å². The molecule has 0 bridgehead atoms. The highest BCUT2D eigenvalue weighted by molar-refractivity contribution is 9.11. The molecule has 3 rings (SSSR count). The SMILES string of the molecule is O=C(CCc1ccccc1)N/N=C\c1cc(Br)c(OCc2ccc(Cl)cc2Cl)c(Br)c1. The number of carbonyl (C=O) groups excluding carboxylic acids is 1. The van der Waals surface area contributed by atoms with Gasteiger partial charge in [-0.25, -0.2) is 5.43 Å². The summed E-state index contributed by atoms with van der Waals surface area (Å²) in [6, 6.07) is 18.8. The Hall–Kier alpha value is -1.86. The second-order valence-electron chi connectivity index (χ2n) is 6.62. The van der Waals surface area contributed by atoms with Crippen LogP contribution in [-0.4, -0.2) is 12.1 Å². The van der Waals surface area contributed by atoms with E-state index in [1.807, 2.05) is 48.5 Å². The van der Waals surface area contributed by atoms with Crippen molar-refractivity contribution in [1.29, 1.82) is 0 Å². The Morgan fingerprint density at radius 3 is 2.42 bits per heavy atom. The molecular formula is C23H18Br2Cl2N2O2. The molecule has 0 aliphatic carbocycles. The Kier molecular flexibility index (Phi) is 8.96. The highest BCUT2D eigenvalue weighted by Crippen LogP contribution is 2.35. The Morgan fingerprint density at radius 1 is 1.03 bits per heavy atom. The molecule has 0 spiro atoms. The lowest BCUT2D eigenvalue weighted by Gasteiger charge is -2.12. The molecule has 3 aromatic carbocycles. The van der Waals surface area contributed by atoms with E-state index in [-0.39, 0.29) is 12.5 Å². The molecule has 0 aliphatic heterocycles. The number of hydrogen-bond donors (Lipinski definition) is 1. The number of amides is 1. The lowest BCUT2D eigenvalue weighted by molar-refractivity contribution is -0.121. The minimum Gasteiger partial charge on any atom is -0.486 e. The van der Waals surface area contributed by atoms with Gasteiger partial charge in [-0.2, -0.15) is 5.10 Å². The first-order valence-electron chi connectivity index (χ1n) is 9.34. The predicted molar refractivity (Wildman–Crippen MR) is 133 cm³/mol. The van der Waals surface area contributed by atoms with Crippen LogP contribution in [0.3, 0.4) is 0 Å². The Balaban J connectivity index is 1.56. The monoisotopic (exact) mass is 582 g/mol. The van der Waals surface area contributed by atoms with Crippen molar-refractivity contribution in [1.82, 2.24) is 5.43 Å². The molecule has 1 amide bonds. The number of rotatable bonds is 8. The van der Waals surface area contributed by atoms with Gasteiger partial charge < -0.3 is 4.74 Å². The van der Waals surface area contributed by atoms with E-state index in [2.05, 4.69) is 42.4 Å². The fourth-order valence-corrected chi connectivity index (χ4v) is 4.63. The second kappa shape index (κ2) is 11.7. The van der Waals surface area contributed by atoms with Gasteiger partial charge in [-0.05, 0) is 73.7 Å². The average Bonchev–Trinajstić information content (AvgIpc) is 2.74. The standard InChI is InChI=1S/C23H18Br2Cl2N2O2/c24-19-10-16(13-28-29-22(30)9-6-15-4-2-1-3-5-15)11-20(25)23(19)31-14-17-7-8-18(26)12-21(17)27/h1-5,7-8,10-13H,6,9,14H2,(H,29,30)/b28-13-. The quantitative estimate of drug-likeness (QED) is 0.225. The second-order valence-corrected chi connectivity index (χ2v) is 9.17. The molecule has 0 radical (unpaired) electrons. The first kappa shape index (κ1) is 23.8. The van der Waals surface area contributed by atoms with Crippen molar-refractivity contribution in [2.45, 2.75) is 19.4 Å². The predicted octanol–water partition coefficient (Wildman–Crippen LogP) is 7.18. The van der Waals surface area contributed by atoms with Crippen LogP contribution in [0.2, 0.25) is 10.0 Å². The molecule has 0 aliphatic rings. The van der Waals surface area contributed by atoms with Crippen LogP contribution < -0.4 is 10.2 Å². The Morgan fingerprint density at radius 2 is 1.74 bits per heavy atom. The van der Waals surface area contributed by atoms with E-state index in [1.54, 1.807) is 18.3 Å². The normalized spacial score (nSPS) is 11.0. The highest BCUT2D eigenvalue weighted by Gasteiger charge is 2.10. The maximum absolute atomic E-state index is 12.0. The number of hydrogen-bond acceptors (Lipinski definition) is 3. The molecule has 31 heavy (non-hydrogen) atoms. The third-order valence-electron chi connectivity index (χ3n) is 4.29. The summed E-state index contributed by atoms with van der Waals surface area (Å²) in [6.07, 6.45) is 2.62. The molecule has 3 aromatic rings. The van der Waals surface area contributed by atoms with Crippen molar-refractivity contribution in [3.63, 3.8) is 0 Å². The van der Waals surface area contributed by atoms with Crippen molar-refractivity contribution in [3.05, 3.63) is 96.3 Å². The first-order valence-corrected chi connectivity index (χ1v) is 11.7. The minimum atomic E-state index is -0.141. The van der Waals surface area contributed by atoms with E-state index < -0.39 is 0 Å². The fraction of sp³-hybridized carbons (Fsp3) is 0.130. The van der Waals surface area contributed by atoms with E-state index >= 15 is 0 Å². The van der Waals surface area contributed by atoms with Gasteiger partial charge in [0.05, 0.1) is 15.2 Å². The summed E-state index contributed by atoms with van der Waals surface area (Å²) in [5.74, 6) is 0.494. The zero-order chi connectivity index (χ0) is 22.2. The molecule has 0 unspecified atom stereocenters. The summed E-state index contributed by atoms with van der Waals surface area (Å²) >= 11 is 19.2. The molecular weight excluding hydrogens is 567 g/mol. The van der Waals surface area contributed by atoms with Crippen molar-refractivity contribution >= 4 is 67.2 Å². The van der Waals surface area contributed by atoms with Crippen molar-refractivity contribution in [2.75, 3.05) is 0 Å². The molecule has 0 saturated heterocycles. The molecule has 0 heterocycles. The number of aryl methyl sites for hydroxylation is 1. The number of nitrogens with one attached hydrogen (secondary N) is 1. The number of carbonyl (C=O) groups is 1. The van der Waals surface area contributed by atoms with Gasteiger partial charge in [0.2, 0.25) is 5.91 Å². The van der Waals surface area contributed by atoms with Crippen molar-refractivity contribution in [2.24, 2.45) is 5.10 Å². The van der Waals surface area contributed by atoms with Gasteiger partial charge >= 0.3 is 0 Å². The maximum Gasteiger partial charge on any atom is 0.240 e. The maximum atomic E-state index is 12.0. The summed E-state index contributed by atoms with van der Waals surface area (Å²) in [7, 11) is 0. The van der Waals surface area contributed by atoms with Crippen LogP contribution in [0, 0.1) is 0 Å². The number of benzene rings is 3. The van der Waals surface area contributed by atoms with E-state index in [4.69, 9.17) is 27.9 Å². The third kappa shape index (κ3) is 7.35. The summed E-state index contributed by atoms with van der Waals surface area (Å²) < 4.78 is 7.39. The van der Waals surface area contributed by atoms with E-state index in [0.717, 1.165) is 25.6 Å². The van der Waals surface area contributed by atoms with Crippen molar-refractivity contribution in [3.8, 4) is 5.75 Å². The summed E-state index contributed by atoms with van der Waals surface area (Å²) in [4.78, 5) is 12.0. The molecule has 4 nitrogen and oxygen atoms in total.